The second kappa shape index (κ2) is 42.7. The number of ether oxygens (including phenoxy) is 4. The van der Waals surface area contributed by atoms with E-state index < -0.39 is 43.4 Å². The third kappa shape index (κ3) is 33.0. The molecule has 1 heterocycles. The van der Waals surface area contributed by atoms with Gasteiger partial charge in [0.1, 0.15) is 30.5 Å². The minimum Gasteiger partial charge on any atom is -0.457 e. The van der Waals surface area contributed by atoms with E-state index in [-0.39, 0.29) is 19.2 Å². The van der Waals surface area contributed by atoms with Gasteiger partial charge >= 0.3 is 5.97 Å². The number of rotatable bonds is 43. The molecule has 0 saturated carbocycles. The monoisotopic (exact) mass is 851 g/mol. The first-order valence-electron chi connectivity index (χ1n) is 25.1. The molecule has 0 aromatic carbocycles. The van der Waals surface area contributed by atoms with Gasteiger partial charge < -0.3 is 39.4 Å². The van der Waals surface area contributed by atoms with Crippen molar-refractivity contribution in [1.82, 2.24) is 0 Å². The van der Waals surface area contributed by atoms with E-state index in [1.807, 2.05) is 0 Å². The summed E-state index contributed by atoms with van der Waals surface area (Å²) in [6.07, 6.45) is 44.7. The maximum atomic E-state index is 12.8. The summed E-state index contributed by atoms with van der Waals surface area (Å²) in [6, 6.07) is 0. The summed E-state index contributed by atoms with van der Waals surface area (Å²) in [5.74, 6) is -0.322. The van der Waals surface area contributed by atoms with E-state index in [1.165, 1.54) is 148 Å². The van der Waals surface area contributed by atoms with E-state index >= 15 is 0 Å². The van der Waals surface area contributed by atoms with Crippen molar-refractivity contribution in [3.05, 3.63) is 36.5 Å². The van der Waals surface area contributed by atoms with Gasteiger partial charge in [0.25, 0.3) is 0 Å². The fourth-order valence-corrected chi connectivity index (χ4v) is 7.58. The van der Waals surface area contributed by atoms with Crippen LogP contribution in [0.2, 0.25) is 0 Å². The first-order chi connectivity index (χ1) is 29.4. The number of carbonyl (C=O) groups excluding carboxylic acids is 1. The van der Waals surface area contributed by atoms with Gasteiger partial charge in [-0.05, 0) is 70.6 Å². The molecule has 0 bridgehead atoms. The van der Waals surface area contributed by atoms with Crippen molar-refractivity contribution in [3.63, 3.8) is 0 Å². The van der Waals surface area contributed by atoms with Gasteiger partial charge in [-0.15, -0.1) is 0 Å². The molecule has 0 spiro atoms. The Morgan fingerprint density at radius 1 is 0.533 bits per heavy atom. The molecule has 60 heavy (non-hydrogen) atoms. The molecule has 1 rings (SSSR count). The Morgan fingerprint density at radius 3 is 1.47 bits per heavy atom. The van der Waals surface area contributed by atoms with Crippen molar-refractivity contribution >= 4 is 5.97 Å². The Hall–Kier alpha value is -1.59. The number of unbranched alkanes of at least 4 members (excludes halogenated alkanes) is 26. The van der Waals surface area contributed by atoms with Gasteiger partial charge in [-0.3, -0.25) is 4.79 Å². The summed E-state index contributed by atoms with van der Waals surface area (Å²) < 4.78 is 22.9. The topological polar surface area (TPSA) is 135 Å². The minimum atomic E-state index is -1.54. The van der Waals surface area contributed by atoms with Crippen LogP contribution in [0.25, 0.3) is 0 Å². The average Bonchev–Trinajstić information content (AvgIpc) is 3.25. The number of hydrogen-bond acceptors (Lipinski definition) is 9. The fourth-order valence-electron chi connectivity index (χ4n) is 7.58. The van der Waals surface area contributed by atoms with Crippen molar-refractivity contribution in [1.29, 1.82) is 0 Å². The number of esters is 1. The Morgan fingerprint density at radius 2 is 0.967 bits per heavy atom. The van der Waals surface area contributed by atoms with Crippen molar-refractivity contribution in [3.8, 4) is 0 Å². The summed E-state index contributed by atoms with van der Waals surface area (Å²) in [7, 11) is 0. The lowest BCUT2D eigenvalue weighted by Gasteiger charge is -2.39. The number of carbonyl (C=O) groups is 1. The highest BCUT2D eigenvalue weighted by Gasteiger charge is 2.44. The molecule has 1 fully saturated rings. The molecule has 1 aliphatic heterocycles. The highest BCUT2D eigenvalue weighted by molar-refractivity contribution is 5.69. The first kappa shape index (κ1) is 56.4. The Balaban J connectivity index is 2.18. The Bertz CT molecular complexity index is 1010. The number of aliphatic hydroxyl groups is 4. The maximum absolute atomic E-state index is 12.8. The van der Waals surface area contributed by atoms with Gasteiger partial charge in [-0.25, -0.2) is 0 Å². The van der Waals surface area contributed by atoms with E-state index in [0.29, 0.717) is 13.0 Å². The van der Waals surface area contributed by atoms with E-state index in [0.717, 1.165) is 51.4 Å². The van der Waals surface area contributed by atoms with E-state index in [2.05, 4.69) is 50.3 Å². The molecule has 352 valence electrons. The normalized spacial score (nSPS) is 20.3. The van der Waals surface area contributed by atoms with Crippen LogP contribution in [-0.2, 0) is 23.7 Å². The highest BCUT2D eigenvalue weighted by atomic mass is 16.7. The lowest BCUT2D eigenvalue weighted by molar-refractivity contribution is -0.305. The van der Waals surface area contributed by atoms with Gasteiger partial charge in [0, 0.05) is 13.0 Å². The number of aliphatic hydroxyl groups excluding tert-OH is 4. The predicted octanol–water partition coefficient (Wildman–Crippen LogP) is 11.9. The summed E-state index contributed by atoms with van der Waals surface area (Å²) in [5, 5.41) is 40.2. The number of hydrogen-bond donors (Lipinski definition) is 4. The van der Waals surface area contributed by atoms with Crippen LogP contribution >= 0.6 is 0 Å². The summed E-state index contributed by atoms with van der Waals surface area (Å²) in [6.45, 7) is 4.54. The lowest BCUT2D eigenvalue weighted by atomic mass is 9.99. The third-order valence-electron chi connectivity index (χ3n) is 11.5. The number of allylic oxidation sites excluding steroid dienone is 6. The molecule has 0 amide bonds. The summed E-state index contributed by atoms with van der Waals surface area (Å²) in [4.78, 5) is 12.8. The second-order valence-electron chi connectivity index (χ2n) is 17.3. The van der Waals surface area contributed by atoms with Crippen molar-refractivity contribution in [2.45, 2.75) is 256 Å². The average molecular weight is 851 g/mol. The lowest BCUT2D eigenvalue weighted by Crippen LogP contribution is -2.59. The van der Waals surface area contributed by atoms with Gasteiger partial charge in [0.05, 0.1) is 19.8 Å². The van der Waals surface area contributed by atoms with Crippen LogP contribution in [0.3, 0.4) is 0 Å². The Labute approximate surface area is 368 Å². The molecule has 6 atom stereocenters. The fraction of sp³-hybridized carbons (Fsp3) is 0.863. The molecule has 1 saturated heterocycles. The van der Waals surface area contributed by atoms with Crippen LogP contribution in [0.15, 0.2) is 36.5 Å². The SMILES string of the molecule is CCCCCC/C=C\CCCCCCCC(=O)OC(COCCCCCCCCCCCCCC/C=C\C/C=C\CCCCCCC)COC1OC(CO)C(O)C(O)C1O. The quantitative estimate of drug-likeness (QED) is 0.0269. The smallest absolute Gasteiger partial charge is 0.306 e. The zero-order chi connectivity index (χ0) is 43.6. The summed E-state index contributed by atoms with van der Waals surface area (Å²) >= 11 is 0. The van der Waals surface area contributed by atoms with Gasteiger partial charge in [0.15, 0.2) is 6.29 Å². The van der Waals surface area contributed by atoms with E-state index in [9.17, 15) is 25.2 Å². The molecule has 0 aliphatic carbocycles. The highest BCUT2D eigenvalue weighted by Crippen LogP contribution is 2.23. The van der Waals surface area contributed by atoms with Crippen LogP contribution in [0.1, 0.15) is 219 Å². The van der Waals surface area contributed by atoms with Crippen LogP contribution in [0.4, 0.5) is 0 Å². The summed E-state index contributed by atoms with van der Waals surface area (Å²) in [5.41, 5.74) is 0. The first-order valence-corrected chi connectivity index (χ1v) is 25.1. The van der Waals surface area contributed by atoms with Gasteiger partial charge in [-0.2, -0.15) is 0 Å². The van der Waals surface area contributed by atoms with Crippen molar-refractivity contribution < 1.29 is 44.2 Å². The van der Waals surface area contributed by atoms with Crippen LogP contribution in [-0.4, -0.2) is 89.6 Å². The second-order valence-corrected chi connectivity index (χ2v) is 17.3. The zero-order valence-electron chi connectivity index (χ0n) is 38.7. The minimum absolute atomic E-state index is 0.116. The largest absolute Gasteiger partial charge is 0.457 e. The molecule has 0 aromatic rings. The molecule has 1 aliphatic rings. The maximum Gasteiger partial charge on any atom is 0.306 e. The van der Waals surface area contributed by atoms with Crippen LogP contribution in [0, 0.1) is 0 Å². The van der Waals surface area contributed by atoms with E-state index in [4.69, 9.17) is 18.9 Å². The molecular weight excluding hydrogens is 757 g/mol. The standard InChI is InChI=1S/C51H94O9/c1-3-5-7-9-11-13-15-17-18-19-20-21-22-23-24-25-26-27-29-31-33-35-37-39-41-57-43-45(44-58-51-50(56)49(55)48(54)46(42-52)60-51)59-47(53)40-38-36-34-32-30-28-16-14-12-10-8-6-4-2/h14-17,19-20,45-46,48-52,54-56H,3-13,18,21-44H2,1-2H3/b16-14-,17-15-,20-19-. The van der Waals surface area contributed by atoms with Crippen molar-refractivity contribution in [2.75, 3.05) is 26.4 Å². The van der Waals surface area contributed by atoms with Gasteiger partial charge in [0.2, 0.25) is 0 Å². The molecular formula is C51H94O9. The third-order valence-corrected chi connectivity index (χ3v) is 11.5. The molecule has 4 N–H and O–H groups in total. The molecule has 6 unspecified atom stereocenters. The van der Waals surface area contributed by atoms with Crippen molar-refractivity contribution in [2.24, 2.45) is 0 Å². The van der Waals surface area contributed by atoms with Gasteiger partial charge in [-0.1, -0.05) is 179 Å². The molecule has 9 heteroatoms. The zero-order valence-corrected chi connectivity index (χ0v) is 38.7. The Kier molecular flexibility index (Phi) is 40.2. The van der Waals surface area contributed by atoms with Crippen LogP contribution < -0.4 is 0 Å². The predicted molar refractivity (Wildman–Crippen MR) is 247 cm³/mol. The van der Waals surface area contributed by atoms with Crippen LogP contribution in [0.5, 0.6) is 0 Å². The van der Waals surface area contributed by atoms with E-state index in [1.54, 1.807) is 0 Å². The molecule has 9 nitrogen and oxygen atoms in total. The molecule has 0 aromatic heterocycles. The molecule has 0 radical (unpaired) electrons.